The molecule has 0 saturated carbocycles. The van der Waals surface area contributed by atoms with E-state index in [-0.39, 0.29) is 0 Å². The Hall–Kier alpha value is -1.66. The SMILES string of the molecule is NCCCNc1cc(-n2cnnn2)ccc1Cl. The monoisotopic (exact) mass is 252 g/mol. The zero-order valence-corrected chi connectivity index (χ0v) is 9.93. The van der Waals surface area contributed by atoms with Crippen molar-refractivity contribution in [3.63, 3.8) is 0 Å². The molecule has 0 unspecified atom stereocenters. The molecule has 0 aliphatic rings. The minimum Gasteiger partial charge on any atom is -0.384 e. The second-order valence-electron chi connectivity index (χ2n) is 3.49. The fourth-order valence-electron chi connectivity index (χ4n) is 1.40. The molecule has 2 aromatic rings. The summed E-state index contributed by atoms with van der Waals surface area (Å²) in [7, 11) is 0. The molecule has 1 aromatic carbocycles. The van der Waals surface area contributed by atoms with Gasteiger partial charge in [-0.25, -0.2) is 4.68 Å². The molecule has 3 N–H and O–H groups in total. The second-order valence-corrected chi connectivity index (χ2v) is 3.89. The van der Waals surface area contributed by atoms with E-state index in [1.165, 1.54) is 6.33 Å². The van der Waals surface area contributed by atoms with Crippen molar-refractivity contribution in [3.05, 3.63) is 29.5 Å². The summed E-state index contributed by atoms with van der Waals surface area (Å²) in [6.07, 6.45) is 2.43. The Morgan fingerprint density at radius 2 is 2.29 bits per heavy atom. The van der Waals surface area contributed by atoms with Gasteiger partial charge in [-0.05, 0) is 41.6 Å². The quantitative estimate of drug-likeness (QED) is 0.778. The third-order valence-electron chi connectivity index (χ3n) is 2.26. The molecule has 0 amide bonds. The van der Waals surface area contributed by atoms with Crippen molar-refractivity contribution in [2.24, 2.45) is 5.73 Å². The van der Waals surface area contributed by atoms with Gasteiger partial charge in [0.25, 0.3) is 0 Å². The first kappa shape index (κ1) is 11.8. The van der Waals surface area contributed by atoms with E-state index in [1.807, 2.05) is 18.2 Å². The van der Waals surface area contributed by atoms with Crippen LogP contribution in [0.25, 0.3) is 5.69 Å². The maximum absolute atomic E-state index is 6.08. The van der Waals surface area contributed by atoms with Crippen LogP contribution in [-0.2, 0) is 0 Å². The van der Waals surface area contributed by atoms with Gasteiger partial charge in [0.2, 0.25) is 0 Å². The van der Waals surface area contributed by atoms with Crippen LogP contribution < -0.4 is 11.1 Å². The molecule has 0 fully saturated rings. The molecule has 17 heavy (non-hydrogen) atoms. The van der Waals surface area contributed by atoms with Crippen molar-refractivity contribution in [1.29, 1.82) is 0 Å². The van der Waals surface area contributed by atoms with Gasteiger partial charge in [0.15, 0.2) is 0 Å². The molecule has 0 saturated heterocycles. The van der Waals surface area contributed by atoms with Crippen molar-refractivity contribution < 1.29 is 0 Å². The molecule has 0 aliphatic carbocycles. The fourth-order valence-corrected chi connectivity index (χ4v) is 1.58. The molecule has 0 aliphatic heterocycles. The van der Waals surface area contributed by atoms with E-state index < -0.39 is 0 Å². The largest absolute Gasteiger partial charge is 0.384 e. The number of nitrogens with one attached hydrogen (secondary N) is 1. The molecule has 0 spiro atoms. The van der Waals surface area contributed by atoms with Crippen molar-refractivity contribution in [3.8, 4) is 5.69 Å². The Labute approximate surface area is 104 Å². The molecular weight excluding hydrogens is 240 g/mol. The third-order valence-corrected chi connectivity index (χ3v) is 2.59. The summed E-state index contributed by atoms with van der Waals surface area (Å²) < 4.78 is 1.57. The first-order valence-corrected chi connectivity index (χ1v) is 5.66. The van der Waals surface area contributed by atoms with Gasteiger partial charge >= 0.3 is 0 Å². The molecule has 2 rings (SSSR count). The summed E-state index contributed by atoms with van der Waals surface area (Å²) >= 11 is 6.08. The van der Waals surface area contributed by atoms with Gasteiger partial charge in [-0.15, -0.1) is 5.10 Å². The topological polar surface area (TPSA) is 81.6 Å². The van der Waals surface area contributed by atoms with Gasteiger partial charge in [0.05, 0.1) is 16.4 Å². The number of nitrogens with two attached hydrogens (primary N) is 1. The predicted octanol–water partition coefficient (Wildman–Crippen LogP) is 1.08. The van der Waals surface area contributed by atoms with E-state index in [4.69, 9.17) is 17.3 Å². The van der Waals surface area contributed by atoms with Crippen LogP contribution in [-0.4, -0.2) is 33.3 Å². The van der Waals surface area contributed by atoms with E-state index in [2.05, 4.69) is 20.8 Å². The van der Waals surface area contributed by atoms with Crippen LogP contribution in [0, 0.1) is 0 Å². The molecule has 90 valence electrons. The molecule has 6 nitrogen and oxygen atoms in total. The van der Waals surface area contributed by atoms with Gasteiger partial charge in [-0.1, -0.05) is 11.6 Å². The average molecular weight is 253 g/mol. The highest BCUT2D eigenvalue weighted by atomic mass is 35.5. The first-order valence-electron chi connectivity index (χ1n) is 5.28. The Bertz CT molecular complexity index is 470. The summed E-state index contributed by atoms with van der Waals surface area (Å²) in [4.78, 5) is 0. The number of aromatic nitrogens is 4. The third kappa shape index (κ3) is 2.92. The normalized spacial score (nSPS) is 10.5. The number of hydrogen-bond donors (Lipinski definition) is 2. The highest BCUT2D eigenvalue weighted by Gasteiger charge is 2.03. The van der Waals surface area contributed by atoms with Crippen LogP contribution in [0.3, 0.4) is 0 Å². The van der Waals surface area contributed by atoms with E-state index in [0.29, 0.717) is 11.6 Å². The maximum atomic E-state index is 6.08. The molecule has 0 bridgehead atoms. The van der Waals surface area contributed by atoms with Crippen molar-refractivity contribution in [1.82, 2.24) is 20.2 Å². The summed E-state index contributed by atoms with van der Waals surface area (Å²) in [6.45, 7) is 1.44. The minimum absolute atomic E-state index is 0.650. The second kappa shape index (κ2) is 5.60. The Balaban J connectivity index is 2.18. The maximum Gasteiger partial charge on any atom is 0.143 e. The van der Waals surface area contributed by atoms with Crippen LogP contribution in [0.5, 0.6) is 0 Å². The number of halogens is 1. The minimum atomic E-state index is 0.650. The molecular formula is C10H13ClN6. The Morgan fingerprint density at radius 3 is 3.00 bits per heavy atom. The first-order chi connectivity index (χ1) is 8.31. The Kier molecular flexibility index (Phi) is 3.89. The average Bonchev–Trinajstić information content (AvgIpc) is 2.85. The van der Waals surface area contributed by atoms with E-state index >= 15 is 0 Å². The number of tetrazole rings is 1. The zero-order chi connectivity index (χ0) is 12.1. The molecule has 1 aromatic heterocycles. The van der Waals surface area contributed by atoms with E-state index in [9.17, 15) is 0 Å². The lowest BCUT2D eigenvalue weighted by atomic mass is 10.2. The molecule has 7 heteroatoms. The number of benzene rings is 1. The predicted molar refractivity (Wildman–Crippen MR) is 66.3 cm³/mol. The number of hydrogen-bond acceptors (Lipinski definition) is 5. The molecule has 1 heterocycles. The van der Waals surface area contributed by atoms with Crippen LogP contribution in [0.15, 0.2) is 24.5 Å². The van der Waals surface area contributed by atoms with Gasteiger partial charge in [0, 0.05) is 6.54 Å². The standard InChI is InChI=1S/C10H13ClN6/c11-9-3-2-8(17-7-14-15-16-17)6-10(9)13-5-1-4-12/h2-3,6-7,13H,1,4-5,12H2. The van der Waals surface area contributed by atoms with Crippen LogP contribution in [0.2, 0.25) is 5.02 Å². The van der Waals surface area contributed by atoms with Crippen molar-refractivity contribution in [2.75, 3.05) is 18.4 Å². The van der Waals surface area contributed by atoms with E-state index in [1.54, 1.807) is 4.68 Å². The van der Waals surface area contributed by atoms with Gasteiger partial charge < -0.3 is 11.1 Å². The zero-order valence-electron chi connectivity index (χ0n) is 9.17. The lowest BCUT2D eigenvalue weighted by Gasteiger charge is -2.09. The van der Waals surface area contributed by atoms with E-state index in [0.717, 1.165) is 24.3 Å². The molecule has 0 atom stereocenters. The summed E-state index contributed by atoms with van der Waals surface area (Å²) in [5.74, 6) is 0. The highest BCUT2D eigenvalue weighted by molar-refractivity contribution is 6.33. The lowest BCUT2D eigenvalue weighted by Crippen LogP contribution is -2.09. The van der Waals surface area contributed by atoms with Gasteiger partial charge in [-0.2, -0.15) is 0 Å². The van der Waals surface area contributed by atoms with Crippen molar-refractivity contribution in [2.45, 2.75) is 6.42 Å². The van der Waals surface area contributed by atoms with Crippen LogP contribution in [0.1, 0.15) is 6.42 Å². The number of nitrogens with zero attached hydrogens (tertiary/aromatic N) is 4. The fraction of sp³-hybridized carbons (Fsp3) is 0.300. The van der Waals surface area contributed by atoms with Crippen molar-refractivity contribution >= 4 is 17.3 Å². The number of rotatable bonds is 5. The smallest absolute Gasteiger partial charge is 0.143 e. The van der Waals surface area contributed by atoms with Gasteiger partial charge in [0.1, 0.15) is 6.33 Å². The number of anilines is 1. The summed E-state index contributed by atoms with van der Waals surface area (Å²) in [5.41, 5.74) is 7.15. The lowest BCUT2D eigenvalue weighted by molar-refractivity contribution is 0.789. The highest BCUT2D eigenvalue weighted by Crippen LogP contribution is 2.24. The van der Waals surface area contributed by atoms with Crippen LogP contribution in [0.4, 0.5) is 5.69 Å². The summed E-state index contributed by atoms with van der Waals surface area (Å²) in [6, 6.07) is 5.56. The van der Waals surface area contributed by atoms with Crippen LogP contribution >= 0.6 is 11.6 Å². The Morgan fingerprint density at radius 1 is 1.41 bits per heavy atom. The molecule has 0 radical (unpaired) electrons. The summed E-state index contributed by atoms with van der Waals surface area (Å²) in [5, 5.41) is 14.9. The van der Waals surface area contributed by atoms with Gasteiger partial charge in [-0.3, -0.25) is 0 Å².